The fourth-order valence-electron chi connectivity index (χ4n) is 1.47. The molecule has 2 aromatic carbocycles. The fourth-order valence-corrected chi connectivity index (χ4v) is 1.47. The summed E-state index contributed by atoms with van der Waals surface area (Å²) < 4.78 is 11.3. The highest BCUT2D eigenvalue weighted by molar-refractivity contribution is 5.53. The molecule has 0 spiro atoms. The topological polar surface area (TPSA) is 18.5 Å². The summed E-state index contributed by atoms with van der Waals surface area (Å²) >= 11 is 0. The summed E-state index contributed by atoms with van der Waals surface area (Å²) in [6.45, 7) is 8.00. The molecule has 0 bridgehead atoms. The van der Waals surface area contributed by atoms with Crippen molar-refractivity contribution in [1.82, 2.24) is 0 Å². The van der Waals surface area contributed by atoms with Crippen molar-refractivity contribution in [2.75, 3.05) is 0 Å². The first kappa shape index (κ1) is 14.1. The van der Waals surface area contributed by atoms with Crippen molar-refractivity contribution < 1.29 is 9.47 Å². The van der Waals surface area contributed by atoms with E-state index in [9.17, 15) is 0 Å². The summed E-state index contributed by atoms with van der Waals surface area (Å²) in [5, 5.41) is 0. The Kier molecular flexibility index (Phi) is 5.78. The Labute approximate surface area is 109 Å². The molecule has 0 atom stereocenters. The SMILES string of the molecule is CC.CC.c1ccc2c(c1)Oc1ccccc1O2. The Morgan fingerprint density at radius 2 is 0.722 bits per heavy atom. The normalized spacial score (nSPS) is 10.0. The highest BCUT2D eigenvalue weighted by Crippen LogP contribution is 2.44. The van der Waals surface area contributed by atoms with Crippen molar-refractivity contribution in [2.45, 2.75) is 27.7 Å². The number of ether oxygens (including phenoxy) is 2. The molecule has 0 radical (unpaired) electrons. The van der Waals surface area contributed by atoms with Crippen LogP contribution in [-0.4, -0.2) is 0 Å². The summed E-state index contributed by atoms with van der Waals surface area (Å²) in [6, 6.07) is 15.3. The molecule has 0 amide bonds. The molecule has 2 aromatic rings. The molecule has 2 heteroatoms. The van der Waals surface area contributed by atoms with E-state index in [1.807, 2.05) is 76.2 Å². The van der Waals surface area contributed by atoms with Crippen LogP contribution in [0.15, 0.2) is 48.5 Å². The van der Waals surface area contributed by atoms with Gasteiger partial charge in [-0.05, 0) is 24.3 Å². The molecular formula is C16H20O2. The van der Waals surface area contributed by atoms with Crippen LogP contribution in [0.25, 0.3) is 0 Å². The van der Waals surface area contributed by atoms with Crippen molar-refractivity contribution in [3.8, 4) is 23.0 Å². The first-order chi connectivity index (χ1) is 8.93. The number of para-hydroxylation sites is 4. The average Bonchev–Trinajstić information content (AvgIpc) is 2.49. The minimum absolute atomic E-state index is 0.770. The average molecular weight is 244 g/mol. The van der Waals surface area contributed by atoms with E-state index in [0.29, 0.717) is 0 Å². The zero-order chi connectivity index (χ0) is 13.4. The van der Waals surface area contributed by atoms with Gasteiger partial charge in [0.15, 0.2) is 23.0 Å². The monoisotopic (exact) mass is 244 g/mol. The minimum atomic E-state index is 0.770. The van der Waals surface area contributed by atoms with Gasteiger partial charge in [-0.15, -0.1) is 0 Å². The smallest absolute Gasteiger partial charge is 0.170 e. The summed E-state index contributed by atoms with van der Waals surface area (Å²) in [5.74, 6) is 3.08. The van der Waals surface area contributed by atoms with Crippen LogP contribution in [-0.2, 0) is 0 Å². The Balaban J connectivity index is 0.000000371. The standard InChI is InChI=1S/C12H8O2.2C2H6/c1-2-6-10-9(5-1)13-11-7-3-4-8-12(11)14-10;2*1-2/h1-8H;2*1-2H3. The van der Waals surface area contributed by atoms with Gasteiger partial charge in [-0.25, -0.2) is 0 Å². The summed E-state index contributed by atoms with van der Waals surface area (Å²) in [6.07, 6.45) is 0. The second-order valence-corrected chi connectivity index (χ2v) is 3.10. The number of benzene rings is 2. The number of hydrogen-bond acceptors (Lipinski definition) is 2. The number of fused-ring (bicyclic) bond motifs is 2. The fraction of sp³-hybridized carbons (Fsp3) is 0.250. The quantitative estimate of drug-likeness (QED) is 0.509. The molecule has 0 saturated heterocycles. The van der Waals surface area contributed by atoms with Gasteiger partial charge in [0.05, 0.1) is 0 Å². The maximum absolute atomic E-state index is 5.65. The van der Waals surface area contributed by atoms with Crippen molar-refractivity contribution >= 4 is 0 Å². The van der Waals surface area contributed by atoms with Gasteiger partial charge >= 0.3 is 0 Å². The third-order valence-electron chi connectivity index (χ3n) is 2.14. The molecular weight excluding hydrogens is 224 g/mol. The maximum atomic E-state index is 5.65. The first-order valence-electron chi connectivity index (χ1n) is 6.47. The van der Waals surface area contributed by atoms with E-state index in [0.717, 1.165) is 23.0 Å². The Morgan fingerprint density at radius 1 is 0.500 bits per heavy atom. The molecule has 96 valence electrons. The molecule has 1 aliphatic heterocycles. The van der Waals surface area contributed by atoms with Crippen molar-refractivity contribution in [1.29, 1.82) is 0 Å². The lowest BCUT2D eigenvalue weighted by atomic mass is 10.2. The summed E-state index contributed by atoms with van der Waals surface area (Å²) in [5.41, 5.74) is 0. The molecule has 1 heterocycles. The lowest BCUT2D eigenvalue weighted by Gasteiger charge is -2.19. The Morgan fingerprint density at radius 3 is 0.944 bits per heavy atom. The van der Waals surface area contributed by atoms with Crippen molar-refractivity contribution in [2.24, 2.45) is 0 Å². The molecule has 1 aliphatic rings. The lowest BCUT2D eigenvalue weighted by molar-refractivity contribution is 0.359. The van der Waals surface area contributed by atoms with Crippen LogP contribution in [0.2, 0.25) is 0 Å². The zero-order valence-corrected chi connectivity index (χ0v) is 11.4. The molecule has 3 rings (SSSR count). The molecule has 0 N–H and O–H groups in total. The van der Waals surface area contributed by atoms with Gasteiger partial charge in [0.2, 0.25) is 0 Å². The van der Waals surface area contributed by atoms with Gasteiger partial charge in [0.1, 0.15) is 0 Å². The van der Waals surface area contributed by atoms with E-state index in [-0.39, 0.29) is 0 Å². The minimum Gasteiger partial charge on any atom is -0.450 e. The number of rotatable bonds is 0. The predicted octanol–water partition coefficient (Wildman–Crippen LogP) is 5.64. The molecule has 2 nitrogen and oxygen atoms in total. The molecule has 0 aromatic heterocycles. The molecule has 0 aliphatic carbocycles. The van der Waals surface area contributed by atoms with Crippen molar-refractivity contribution in [3.63, 3.8) is 0 Å². The van der Waals surface area contributed by atoms with E-state index in [4.69, 9.17) is 9.47 Å². The second-order valence-electron chi connectivity index (χ2n) is 3.10. The van der Waals surface area contributed by atoms with Crippen LogP contribution in [0, 0.1) is 0 Å². The van der Waals surface area contributed by atoms with Gasteiger partial charge in [-0.1, -0.05) is 52.0 Å². The van der Waals surface area contributed by atoms with E-state index < -0.39 is 0 Å². The Bertz CT molecular complexity index is 391. The first-order valence-corrected chi connectivity index (χ1v) is 6.47. The predicted molar refractivity (Wildman–Crippen MR) is 75.7 cm³/mol. The van der Waals surface area contributed by atoms with Crippen LogP contribution in [0.3, 0.4) is 0 Å². The third-order valence-corrected chi connectivity index (χ3v) is 2.14. The van der Waals surface area contributed by atoms with E-state index in [2.05, 4.69) is 0 Å². The van der Waals surface area contributed by atoms with Crippen LogP contribution >= 0.6 is 0 Å². The number of hydrogen-bond donors (Lipinski definition) is 0. The summed E-state index contributed by atoms with van der Waals surface area (Å²) in [4.78, 5) is 0. The lowest BCUT2D eigenvalue weighted by Crippen LogP contribution is -1.97. The zero-order valence-electron chi connectivity index (χ0n) is 11.4. The third kappa shape index (κ3) is 3.04. The van der Waals surface area contributed by atoms with E-state index >= 15 is 0 Å². The van der Waals surface area contributed by atoms with Gasteiger partial charge in [0, 0.05) is 0 Å². The van der Waals surface area contributed by atoms with Crippen LogP contribution < -0.4 is 9.47 Å². The Hall–Kier alpha value is -1.96. The highest BCUT2D eigenvalue weighted by Gasteiger charge is 2.16. The van der Waals surface area contributed by atoms with E-state index in [1.54, 1.807) is 0 Å². The van der Waals surface area contributed by atoms with Gasteiger partial charge in [-0.3, -0.25) is 0 Å². The van der Waals surface area contributed by atoms with Crippen molar-refractivity contribution in [3.05, 3.63) is 48.5 Å². The van der Waals surface area contributed by atoms with Crippen LogP contribution in [0.1, 0.15) is 27.7 Å². The van der Waals surface area contributed by atoms with Crippen LogP contribution in [0.5, 0.6) is 23.0 Å². The van der Waals surface area contributed by atoms with Gasteiger partial charge in [0.25, 0.3) is 0 Å². The van der Waals surface area contributed by atoms with E-state index in [1.165, 1.54) is 0 Å². The maximum Gasteiger partial charge on any atom is 0.170 e. The largest absolute Gasteiger partial charge is 0.450 e. The van der Waals surface area contributed by atoms with Gasteiger partial charge < -0.3 is 9.47 Å². The second kappa shape index (κ2) is 7.38. The molecule has 0 unspecified atom stereocenters. The summed E-state index contributed by atoms with van der Waals surface area (Å²) in [7, 11) is 0. The molecule has 0 saturated carbocycles. The van der Waals surface area contributed by atoms with Gasteiger partial charge in [-0.2, -0.15) is 0 Å². The molecule has 18 heavy (non-hydrogen) atoms. The molecule has 0 fully saturated rings. The highest BCUT2D eigenvalue weighted by atomic mass is 16.6. The van der Waals surface area contributed by atoms with Crippen LogP contribution in [0.4, 0.5) is 0 Å².